The molecule has 134 valence electrons. The van der Waals surface area contributed by atoms with Crippen molar-refractivity contribution in [2.24, 2.45) is 4.99 Å². The molecule has 0 atom stereocenters. The Labute approximate surface area is 168 Å². The molecule has 3 rings (SSSR count). The van der Waals surface area contributed by atoms with Crippen molar-refractivity contribution in [3.63, 3.8) is 0 Å². The Morgan fingerprint density at radius 1 is 1.32 bits per heavy atom. The fourth-order valence-corrected chi connectivity index (χ4v) is 3.21. The third-order valence-electron chi connectivity index (χ3n) is 3.74. The Morgan fingerprint density at radius 3 is 2.80 bits per heavy atom. The number of thiazole rings is 1. The maximum Gasteiger partial charge on any atom is 0.194 e. The Hall–Kier alpha value is -1.68. The number of H-pyrrole nitrogens is 1. The van der Waals surface area contributed by atoms with E-state index >= 15 is 0 Å². The number of aromatic amines is 1. The van der Waals surface area contributed by atoms with Crippen LogP contribution in [0.5, 0.6) is 0 Å². The third-order valence-corrected chi connectivity index (χ3v) is 4.56. The van der Waals surface area contributed by atoms with E-state index in [1.807, 2.05) is 20.0 Å². The zero-order valence-electron chi connectivity index (χ0n) is 14.8. The van der Waals surface area contributed by atoms with Crippen LogP contribution in [0, 0.1) is 13.8 Å². The normalized spacial score (nSPS) is 11.4. The van der Waals surface area contributed by atoms with Gasteiger partial charge in [0.1, 0.15) is 5.82 Å². The van der Waals surface area contributed by atoms with E-state index in [-0.39, 0.29) is 24.0 Å². The van der Waals surface area contributed by atoms with E-state index in [9.17, 15) is 0 Å². The minimum absolute atomic E-state index is 0. The van der Waals surface area contributed by atoms with Crippen molar-refractivity contribution in [3.8, 4) is 0 Å². The fraction of sp³-hybridized carbons (Fsp3) is 0.353. The molecule has 0 fully saturated rings. The number of halogens is 1. The second-order valence-corrected chi connectivity index (χ2v) is 6.88. The lowest BCUT2D eigenvalue weighted by molar-refractivity contribution is 0.469. The molecule has 6 nitrogen and oxygen atoms in total. The molecule has 0 amide bonds. The number of nitrogens with one attached hydrogen (secondary N) is 2. The SMILES string of the molecule is CN=C(NCc1nc2ccc(C)cc2[nH]1)N(C)Cc1csc(C)n1.I. The first-order valence-electron chi connectivity index (χ1n) is 7.83. The van der Waals surface area contributed by atoms with Gasteiger partial charge in [0.15, 0.2) is 5.96 Å². The summed E-state index contributed by atoms with van der Waals surface area (Å²) >= 11 is 1.67. The van der Waals surface area contributed by atoms with Gasteiger partial charge < -0.3 is 15.2 Å². The molecule has 2 heterocycles. The fourth-order valence-electron chi connectivity index (χ4n) is 2.61. The van der Waals surface area contributed by atoms with E-state index in [4.69, 9.17) is 0 Å². The Bertz CT molecular complexity index is 869. The highest BCUT2D eigenvalue weighted by atomic mass is 127. The van der Waals surface area contributed by atoms with Crippen LogP contribution < -0.4 is 5.32 Å². The molecule has 0 aliphatic rings. The first-order valence-corrected chi connectivity index (χ1v) is 8.71. The topological polar surface area (TPSA) is 69.2 Å². The Kier molecular flexibility index (Phi) is 6.77. The minimum atomic E-state index is 0. The van der Waals surface area contributed by atoms with Crippen molar-refractivity contribution in [3.05, 3.63) is 45.7 Å². The largest absolute Gasteiger partial charge is 0.349 e. The molecule has 0 aliphatic carbocycles. The van der Waals surface area contributed by atoms with Gasteiger partial charge in [-0.05, 0) is 31.5 Å². The highest BCUT2D eigenvalue weighted by Crippen LogP contribution is 2.13. The highest BCUT2D eigenvalue weighted by Gasteiger charge is 2.10. The van der Waals surface area contributed by atoms with Gasteiger partial charge in [-0.3, -0.25) is 4.99 Å². The number of aliphatic imine (C=N–C) groups is 1. The van der Waals surface area contributed by atoms with E-state index in [0.717, 1.165) is 40.1 Å². The first kappa shape index (κ1) is 19.6. The van der Waals surface area contributed by atoms with Gasteiger partial charge in [-0.15, -0.1) is 35.3 Å². The lowest BCUT2D eigenvalue weighted by Gasteiger charge is -2.20. The molecule has 0 aliphatic heterocycles. The van der Waals surface area contributed by atoms with Crippen molar-refractivity contribution in [1.29, 1.82) is 0 Å². The first-order chi connectivity index (χ1) is 11.5. The van der Waals surface area contributed by atoms with Crippen LogP contribution in [-0.4, -0.2) is 39.9 Å². The van der Waals surface area contributed by atoms with Gasteiger partial charge in [0, 0.05) is 19.5 Å². The molecule has 0 spiro atoms. The smallest absolute Gasteiger partial charge is 0.194 e. The second-order valence-electron chi connectivity index (χ2n) is 5.82. The molecular weight excluding hydrogens is 447 g/mol. The van der Waals surface area contributed by atoms with E-state index in [1.54, 1.807) is 18.4 Å². The number of nitrogens with zero attached hydrogens (tertiary/aromatic N) is 4. The molecule has 2 aromatic heterocycles. The van der Waals surface area contributed by atoms with Crippen LogP contribution in [0.3, 0.4) is 0 Å². The summed E-state index contributed by atoms with van der Waals surface area (Å²) < 4.78 is 0. The van der Waals surface area contributed by atoms with Gasteiger partial charge in [-0.25, -0.2) is 9.97 Å². The number of aryl methyl sites for hydroxylation is 2. The predicted octanol–water partition coefficient (Wildman–Crippen LogP) is 3.46. The lowest BCUT2D eigenvalue weighted by Crippen LogP contribution is -2.38. The molecule has 0 radical (unpaired) electrons. The number of benzene rings is 1. The molecule has 0 bridgehead atoms. The van der Waals surface area contributed by atoms with Crippen LogP contribution in [0.2, 0.25) is 0 Å². The Morgan fingerprint density at radius 2 is 2.12 bits per heavy atom. The molecule has 1 aromatic carbocycles. The van der Waals surface area contributed by atoms with E-state index in [2.05, 4.69) is 54.6 Å². The molecule has 2 N–H and O–H groups in total. The van der Waals surface area contributed by atoms with Crippen molar-refractivity contribution >= 4 is 52.3 Å². The summed E-state index contributed by atoms with van der Waals surface area (Å²) in [7, 11) is 3.79. The zero-order chi connectivity index (χ0) is 17.1. The van der Waals surface area contributed by atoms with Crippen LogP contribution in [-0.2, 0) is 13.1 Å². The van der Waals surface area contributed by atoms with E-state index in [0.29, 0.717) is 6.54 Å². The molecule has 0 saturated carbocycles. The molecular formula is C17H23IN6S. The molecule has 3 aromatic rings. The van der Waals surface area contributed by atoms with Gasteiger partial charge in [0.25, 0.3) is 0 Å². The van der Waals surface area contributed by atoms with Gasteiger partial charge >= 0.3 is 0 Å². The Balaban J connectivity index is 0.00000225. The van der Waals surface area contributed by atoms with Gasteiger partial charge in [0.05, 0.1) is 34.8 Å². The summed E-state index contributed by atoms with van der Waals surface area (Å²) in [6, 6.07) is 6.22. The van der Waals surface area contributed by atoms with Crippen molar-refractivity contribution in [2.45, 2.75) is 26.9 Å². The number of aromatic nitrogens is 3. The van der Waals surface area contributed by atoms with Crippen LogP contribution in [0.1, 0.15) is 22.1 Å². The molecule has 8 heteroatoms. The van der Waals surface area contributed by atoms with Gasteiger partial charge in [-0.2, -0.15) is 0 Å². The van der Waals surface area contributed by atoms with E-state index < -0.39 is 0 Å². The van der Waals surface area contributed by atoms with Crippen LogP contribution in [0.15, 0.2) is 28.6 Å². The summed E-state index contributed by atoms with van der Waals surface area (Å²) in [6.07, 6.45) is 0. The number of fused-ring (bicyclic) bond motifs is 1. The van der Waals surface area contributed by atoms with Crippen molar-refractivity contribution in [1.82, 2.24) is 25.2 Å². The monoisotopic (exact) mass is 470 g/mol. The average molecular weight is 470 g/mol. The number of imidazole rings is 1. The number of rotatable bonds is 4. The second kappa shape index (κ2) is 8.61. The minimum Gasteiger partial charge on any atom is -0.349 e. The van der Waals surface area contributed by atoms with E-state index in [1.165, 1.54) is 5.56 Å². The predicted molar refractivity (Wildman–Crippen MR) is 115 cm³/mol. The maximum absolute atomic E-state index is 4.60. The van der Waals surface area contributed by atoms with Crippen LogP contribution >= 0.6 is 35.3 Å². The van der Waals surface area contributed by atoms with Crippen molar-refractivity contribution in [2.75, 3.05) is 14.1 Å². The molecule has 0 unspecified atom stereocenters. The average Bonchev–Trinajstić information content (AvgIpc) is 3.13. The summed E-state index contributed by atoms with van der Waals surface area (Å²) in [5, 5.41) is 6.51. The lowest BCUT2D eigenvalue weighted by atomic mass is 10.2. The zero-order valence-corrected chi connectivity index (χ0v) is 18.0. The maximum atomic E-state index is 4.60. The number of hydrogen-bond donors (Lipinski definition) is 2. The summed E-state index contributed by atoms with van der Waals surface area (Å²) in [5.74, 6) is 1.71. The summed E-state index contributed by atoms with van der Waals surface area (Å²) in [6.45, 7) is 5.42. The quantitative estimate of drug-likeness (QED) is 0.348. The van der Waals surface area contributed by atoms with Gasteiger partial charge in [0.2, 0.25) is 0 Å². The van der Waals surface area contributed by atoms with Crippen LogP contribution in [0.4, 0.5) is 0 Å². The van der Waals surface area contributed by atoms with Crippen molar-refractivity contribution < 1.29 is 0 Å². The summed E-state index contributed by atoms with van der Waals surface area (Å²) in [4.78, 5) is 18.8. The summed E-state index contributed by atoms with van der Waals surface area (Å²) in [5.41, 5.74) is 4.33. The standard InChI is InChI=1S/C17H22N6S.HI/c1-11-5-6-14-15(7-11)22-16(21-14)8-19-17(18-3)23(4)9-13-10-24-12(2)20-13;/h5-7,10H,8-9H2,1-4H3,(H,18,19)(H,21,22);1H. The number of hydrogen-bond acceptors (Lipinski definition) is 4. The molecule has 0 saturated heterocycles. The van der Waals surface area contributed by atoms with Gasteiger partial charge in [-0.1, -0.05) is 6.07 Å². The molecule has 25 heavy (non-hydrogen) atoms. The third kappa shape index (κ3) is 4.91. The highest BCUT2D eigenvalue weighted by molar-refractivity contribution is 14.0. The van der Waals surface area contributed by atoms with Crippen LogP contribution in [0.25, 0.3) is 11.0 Å². The number of guanidine groups is 1.